The average molecular weight is 443 g/mol. The smallest absolute Gasteiger partial charge is 0.360 e. The molecule has 1 aliphatic carbocycles. The van der Waals surface area contributed by atoms with Crippen LogP contribution in [-0.4, -0.2) is 39.8 Å². The Balaban J connectivity index is 1.23. The van der Waals surface area contributed by atoms with E-state index in [9.17, 15) is 18.0 Å². The summed E-state index contributed by atoms with van der Waals surface area (Å²) in [4.78, 5) is 20.6. The molecule has 1 saturated carbocycles. The Kier molecular flexibility index (Phi) is 5.19. The van der Waals surface area contributed by atoms with E-state index in [-0.39, 0.29) is 24.5 Å². The van der Waals surface area contributed by atoms with E-state index < -0.39 is 12.2 Å². The molecule has 9 heteroatoms. The maximum Gasteiger partial charge on any atom is 0.410 e. The normalized spacial score (nSPS) is 23.7. The Bertz CT molecular complexity index is 1200. The lowest BCUT2D eigenvalue weighted by Gasteiger charge is -2.27. The summed E-state index contributed by atoms with van der Waals surface area (Å²) in [7, 11) is 0. The summed E-state index contributed by atoms with van der Waals surface area (Å²) >= 11 is 0. The van der Waals surface area contributed by atoms with Crippen LogP contribution in [-0.2, 0) is 6.54 Å². The zero-order valence-corrected chi connectivity index (χ0v) is 17.3. The molecule has 2 aliphatic rings. The van der Waals surface area contributed by atoms with Gasteiger partial charge in [0.25, 0.3) is 5.91 Å². The number of nitrogens with zero attached hydrogens (tertiary/aromatic N) is 2. The zero-order chi connectivity index (χ0) is 22.3. The molecule has 1 amide bonds. The molecule has 1 aliphatic heterocycles. The molecule has 0 radical (unpaired) electrons. The number of H-pyrrole nitrogens is 1. The average Bonchev–Trinajstić information content (AvgIpc) is 3.40. The number of benzene rings is 1. The molecule has 2 aromatic heterocycles. The van der Waals surface area contributed by atoms with Crippen LogP contribution in [0.1, 0.15) is 36.0 Å². The summed E-state index contributed by atoms with van der Waals surface area (Å²) in [5.41, 5.74) is 2.12. The van der Waals surface area contributed by atoms with Gasteiger partial charge in [-0.05, 0) is 43.9 Å². The molecule has 0 saturated heterocycles. The Morgan fingerprint density at radius 1 is 1.06 bits per heavy atom. The molecule has 6 nitrogen and oxygen atoms in total. The molecule has 32 heavy (non-hydrogen) atoms. The molecule has 3 heterocycles. The highest BCUT2D eigenvalue weighted by molar-refractivity contribution is 6.06. The van der Waals surface area contributed by atoms with Crippen LogP contribution in [0, 0.1) is 0 Å². The van der Waals surface area contributed by atoms with Gasteiger partial charge in [-0.3, -0.25) is 9.79 Å². The van der Waals surface area contributed by atoms with Gasteiger partial charge in [-0.15, -0.1) is 0 Å². The molecular formula is C23H24F3N5O. The van der Waals surface area contributed by atoms with E-state index in [1.54, 1.807) is 29.0 Å². The number of aromatic nitrogens is 2. The second-order valence-electron chi connectivity index (χ2n) is 8.47. The van der Waals surface area contributed by atoms with Gasteiger partial charge in [-0.1, -0.05) is 24.3 Å². The van der Waals surface area contributed by atoms with Crippen molar-refractivity contribution in [2.45, 2.75) is 56.5 Å². The Hall–Kier alpha value is -3.23. The van der Waals surface area contributed by atoms with Gasteiger partial charge in [0.05, 0.1) is 18.2 Å². The number of aromatic amines is 1. The van der Waals surface area contributed by atoms with Crippen molar-refractivity contribution >= 4 is 22.6 Å². The number of alkyl halides is 3. The Morgan fingerprint density at radius 2 is 1.84 bits per heavy atom. The van der Waals surface area contributed by atoms with Crippen molar-refractivity contribution in [1.29, 1.82) is 0 Å². The first kappa shape index (κ1) is 20.7. The number of hydrogen-bond donors (Lipinski definition) is 3. The van der Waals surface area contributed by atoms with Crippen molar-refractivity contribution in [2.75, 3.05) is 5.32 Å². The number of anilines is 1. The number of carbonyl (C=O) groups excluding carboxylic acids is 1. The minimum atomic E-state index is -4.30. The summed E-state index contributed by atoms with van der Waals surface area (Å²) in [6, 6.07) is 11.3. The first-order valence-corrected chi connectivity index (χ1v) is 10.8. The van der Waals surface area contributed by atoms with Crippen molar-refractivity contribution in [2.24, 2.45) is 4.99 Å². The van der Waals surface area contributed by atoms with Gasteiger partial charge in [0.2, 0.25) is 0 Å². The highest BCUT2D eigenvalue weighted by atomic mass is 19.4. The number of carbonyl (C=O) groups is 1. The number of nitrogens with one attached hydrogen (secondary N) is 3. The van der Waals surface area contributed by atoms with E-state index in [1.807, 2.05) is 24.3 Å². The third-order valence-corrected chi connectivity index (χ3v) is 6.33. The Morgan fingerprint density at radius 3 is 2.62 bits per heavy atom. The Labute approximate surface area is 182 Å². The second kappa shape index (κ2) is 8.03. The van der Waals surface area contributed by atoms with Crippen LogP contribution in [0.5, 0.6) is 0 Å². The van der Waals surface area contributed by atoms with Gasteiger partial charge in [-0.2, -0.15) is 13.2 Å². The van der Waals surface area contributed by atoms with E-state index in [0.717, 1.165) is 36.6 Å². The predicted molar refractivity (Wildman–Crippen MR) is 115 cm³/mol. The number of pyridine rings is 1. The lowest BCUT2D eigenvalue weighted by atomic mass is 9.91. The molecule has 5 rings (SSSR count). The van der Waals surface area contributed by atoms with E-state index in [1.165, 1.54) is 0 Å². The van der Waals surface area contributed by atoms with E-state index >= 15 is 0 Å². The van der Waals surface area contributed by atoms with E-state index in [0.29, 0.717) is 16.9 Å². The molecule has 168 valence electrons. The lowest BCUT2D eigenvalue weighted by Crippen LogP contribution is -2.39. The molecular weight excluding hydrogens is 419 g/mol. The van der Waals surface area contributed by atoms with Crippen molar-refractivity contribution in [1.82, 2.24) is 14.9 Å². The van der Waals surface area contributed by atoms with Crippen LogP contribution in [0.4, 0.5) is 19.0 Å². The van der Waals surface area contributed by atoms with Crippen molar-refractivity contribution in [3.05, 3.63) is 59.7 Å². The zero-order valence-electron chi connectivity index (χ0n) is 17.3. The minimum Gasteiger partial charge on any atom is -0.360 e. The number of amides is 1. The maximum atomic E-state index is 13.1. The molecule has 1 fully saturated rings. The summed E-state index contributed by atoms with van der Waals surface area (Å²) in [5.74, 6) is 0.344. The van der Waals surface area contributed by atoms with Gasteiger partial charge >= 0.3 is 6.18 Å². The first-order valence-electron chi connectivity index (χ1n) is 10.8. The standard InChI is InChI=1S/C23H24F3N5O/c24-23(25,26)19-13-31-20(6-3-7-21(31)30-19)28-14-8-10-15(11-9-14)29-22(32)17-12-27-18-5-2-1-4-16(17)18/h1-7,12,14-15,19,27,30H,8-11,13H2,(H,29,32). The fourth-order valence-electron chi connectivity index (χ4n) is 4.61. The molecule has 0 spiro atoms. The molecule has 1 unspecified atom stereocenters. The van der Waals surface area contributed by atoms with Crippen molar-refractivity contribution in [3.63, 3.8) is 0 Å². The van der Waals surface area contributed by atoms with Crippen LogP contribution in [0.2, 0.25) is 0 Å². The molecule has 3 N–H and O–H groups in total. The van der Waals surface area contributed by atoms with Gasteiger partial charge in [0, 0.05) is 23.1 Å². The predicted octanol–water partition coefficient (Wildman–Crippen LogP) is 3.97. The summed E-state index contributed by atoms with van der Waals surface area (Å²) in [6.07, 6.45) is 0.551. The lowest BCUT2D eigenvalue weighted by molar-refractivity contribution is -0.142. The molecule has 0 bridgehead atoms. The number of halogens is 3. The van der Waals surface area contributed by atoms with Gasteiger partial charge in [-0.25, -0.2) is 0 Å². The SMILES string of the molecule is O=C(NC1CCC(N=c2cccc3n2CC(C(F)(F)F)N3)CC1)c1c[nH]c2ccccc12. The van der Waals surface area contributed by atoms with Crippen LogP contribution >= 0.6 is 0 Å². The second-order valence-corrected chi connectivity index (χ2v) is 8.47. The van der Waals surface area contributed by atoms with Crippen LogP contribution < -0.4 is 16.1 Å². The van der Waals surface area contributed by atoms with E-state index in [4.69, 9.17) is 4.99 Å². The summed E-state index contributed by atoms with van der Waals surface area (Å²) in [5, 5.41) is 6.55. The maximum absolute atomic E-state index is 13.1. The quantitative estimate of drug-likeness (QED) is 0.573. The van der Waals surface area contributed by atoms with E-state index in [2.05, 4.69) is 15.6 Å². The molecule has 1 atom stereocenters. The van der Waals surface area contributed by atoms with Crippen LogP contribution in [0.3, 0.4) is 0 Å². The van der Waals surface area contributed by atoms with Crippen molar-refractivity contribution < 1.29 is 18.0 Å². The molecule has 3 aromatic rings. The van der Waals surface area contributed by atoms with Gasteiger partial charge < -0.3 is 20.2 Å². The fourth-order valence-corrected chi connectivity index (χ4v) is 4.61. The summed E-state index contributed by atoms with van der Waals surface area (Å²) < 4.78 is 40.9. The number of hydrogen-bond acceptors (Lipinski definition) is 3. The largest absolute Gasteiger partial charge is 0.410 e. The number of para-hydroxylation sites is 1. The first-order chi connectivity index (χ1) is 15.4. The topological polar surface area (TPSA) is 74.2 Å². The van der Waals surface area contributed by atoms with Crippen molar-refractivity contribution in [3.8, 4) is 0 Å². The number of rotatable bonds is 3. The fraction of sp³-hybridized carbons (Fsp3) is 0.391. The summed E-state index contributed by atoms with van der Waals surface area (Å²) in [6.45, 7) is -0.172. The third-order valence-electron chi connectivity index (χ3n) is 6.33. The molecule has 1 aromatic carbocycles. The van der Waals surface area contributed by atoms with Crippen LogP contribution in [0.25, 0.3) is 10.9 Å². The number of fused-ring (bicyclic) bond motifs is 2. The minimum absolute atomic E-state index is 0.0279. The monoisotopic (exact) mass is 443 g/mol. The third kappa shape index (κ3) is 3.99. The highest BCUT2D eigenvalue weighted by Crippen LogP contribution is 2.29. The van der Waals surface area contributed by atoms with Gasteiger partial charge in [0.15, 0.2) is 0 Å². The van der Waals surface area contributed by atoms with Crippen LogP contribution in [0.15, 0.2) is 53.7 Å². The van der Waals surface area contributed by atoms with Gasteiger partial charge in [0.1, 0.15) is 17.3 Å². The highest BCUT2D eigenvalue weighted by Gasteiger charge is 2.43.